The molecule has 0 aromatic heterocycles. The Kier molecular flexibility index (Phi) is 10.4. The third-order valence-corrected chi connectivity index (χ3v) is 6.18. The average Bonchev–Trinajstić information content (AvgIpc) is 2.68. The second kappa shape index (κ2) is 12.5. The lowest BCUT2D eigenvalue weighted by Crippen LogP contribution is -2.51. The quantitative estimate of drug-likeness (QED) is 0.337. The minimum atomic E-state index is 0. The van der Waals surface area contributed by atoms with Gasteiger partial charge in [0.2, 0.25) is 5.91 Å². The van der Waals surface area contributed by atoms with Crippen molar-refractivity contribution in [2.75, 3.05) is 52.9 Å². The monoisotopic (exact) mass is 527 g/mol. The van der Waals surface area contributed by atoms with E-state index in [0.29, 0.717) is 11.8 Å². The van der Waals surface area contributed by atoms with E-state index in [2.05, 4.69) is 65.2 Å². The van der Waals surface area contributed by atoms with Crippen LogP contribution in [-0.4, -0.2) is 79.4 Å². The molecule has 30 heavy (non-hydrogen) atoms. The summed E-state index contributed by atoms with van der Waals surface area (Å²) in [6.45, 7) is 11.3. The first-order valence-electron chi connectivity index (χ1n) is 11.1. The molecule has 1 N–H and O–H groups in total. The van der Waals surface area contributed by atoms with Crippen LogP contribution >= 0.6 is 24.0 Å². The zero-order chi connectivity index (χ0) is 20.6. The fourth-order valence-electron chi connectivity index (χ4n) is 3.99. The summed E-state index contributed by atoms with van der Waals surface area (Å²) in [6.07, 6.45) is 3.41. The normalized spacial score (nSPS) is 17.8. The molecule has 1 saturated carbocycles. The van der Waals surface area contributed by atoms with Crippen LogP contribution in [0.1, 0.15) is 37.3 Å². The van der Waals surface area contributed by atoms with Gasteiger partial charge in [-0.15, -0.1) is 24.0 Å². The molecule has 0 atom stereocenters. The number of hydrogen-bond acceptors (Lipinski definition) is 3. The fourth-order valence-corrected chi connectivity index (χ4v) is 3.99. The van der Waals surface area contributed by atoms with Gasteiger partial charge in [-0.2, -0.15) is 0 Å². The zero-order valence-electron chi connectivity index (χ0n) is 18.8. The Hall–Kier alpha value is -1.35. The van der Waals surface area contributed by atoms with Gasteiger partial charge in [0, 0.05) is 58.8 Å². The molecule has 2 aliphatic rings. The number of rotatable bonds is 7. The lowest BCUT2D eigenvalue weighted by molar-refractivity contribution is -0.139. The Morgan fingerprint density at radius 2 is 1.90 bits per heavy atom. The zero-order valence-corrected chi connectivity index (χ0v) is 21.1. The summed E-state index contributed by atoms with van der Waals surface area (Å²) in [5.74, 6) is 1.66. The number of benzene rings is 1. The van der Waals surface area contributed by atoms with Crippen molar-refractivity contribution in [3.63, 3.8) is 0 Å². The molecule has 0 bridgehead atoms. The first-order valence-corrected chi connectivity index (χ1v) is 11.1. The number of halogens is 1. The summed E-state index contributed by atoms with van der Waals surface area (Å²) < 4.78 is 0. The van der Waals surface area contributed by atoms with E-state index in [1.165, 1.54) is 17.5 Å². The highest BCUT2D eigenvalue weighted by Crippen LogP contribution is 2.28. The Labute approximate surface area is 199 Å². The topological polar surface area (TPSA) is 51.2 Å². The van der Waals surface area contributed by atoms with Gasteiger partial charge in [-0.05, 0) is 37.8 Å². The van der Waals surface area contributed by atoms with E-state index in [1.807, 2.05) is 0 Å². The molecular formula is C23H38IN5O. The molecule has 1 heterocycles. The van der Waals surface area contributed by atoms with Crippen LogP contribution in [0.25, 0.3) is 0 Å². The lowest BCUT2D eigenvalue weighted by Gasteiger charge is -2.38. The van der Waals surface area contributed by atoms with E-state index in [1.54, 1.807) is 0 Å². The molecule has 0 unspecified atom stereocenters. The standard InChI is InChI=1S/C23H37N5O.HI/c1-4-24-23(26(3)18-21-9-6-5-8-19(21)2)25-12-13-27-14-16-28(17-15-27)22(29)20-10-7-11-20;/h5-6,8-9,20H,4,7,10-18H2,1-3H3,(H,24,25);1H. The van der Waals surface area contributed by atoms with E-state index in [0.717, 1.165) is 71.2 Å². The van der Waals surface area contributed by atoms with Gasteiger partial charge in [-0.3, -0.25) is 14.7 Å². The maximum Gasteiger partial charge on any atom is 0.225 e. The number of carbonyl (C=O) groups excluding carboxylic acids is 1. The van der Waals surface area contributed by atoms with Gasteiger partial charge in [0.1, 0.15) is 0 Å². The van der Waals surface area contributed by atoms with Crippen molar-refractivity contribution < 1.29 is 4.79 Å². The number of guanidine groups is 1. The third kappa shape index (κ3) is 6.83. The molecule has 0 spiro atoms. The number of aliphatic imine (C=N–C) groups is 1. The van der Waals surface area contributed by atoms with E-state index in [9.17, 15) is 4.79 Å². The van der Waals surface area contributed by atoms with Gasteiger partial charge in [0.05, 0.1) is 6.54 Å². The summed E-state index contributed by atoms with van der Waals surface area (Å²) in [6, 6.07) is 8.51. The molecule has 1 aliphatic heterocycles. The SMILES string of the molecule is CCNC(=NCCN1CCN(C(=O)C2CCC2)CC1)N(C)Cc1ccccc1C.I. The summed E-state index contributed by atoms with van der Waals surface area (Å²) >= 11 is 0. The number of amides is 1. The molecule has 7 heteroatoms. The highest BCUT2D eigenvalue weighted by molar-refractivity contribution is 14.0. The number of aryl methyl sites for hydroxylation is 1. The van der Waals surface area contributed by atoms with Crippen molar-refractivity contribution in [1.29, 1.82) is 0 Å². The van der Waals surface area contributed by atoms with Crippen LogP contribution in [0, 0.1) is 12.8 Å². The molecule has 2 fully saturated rings. The van der Waals surface area contributed by atoms with Crippen LogP contribution in [0.3, 0.4) is 0 Å². The number of piperazine rings is 1. The second-order valence-electron chi connectivity index (χ2n) is 8.31. The average molecular weight is 527 g/mol. The Bertz CT molecular complexity index is 699. The van der Waals surface area contributed by atoms with Crippen LogP contribution in [0.2, 0.25) is 0 Å². The first-order chi connectivity index (χ1) is 14.1. The highest BCUT2D eigenvalue weighted by Gasteiger charge is 2.30. The third-order valence-electron chi connectivity index (χ3n) is 6.18. The Morgan fingerprint density at radius 1 is 1.20 bits per heavy atom. The minimum Gasteiger partial charge on any atom is -0.357 e. The predicted molar refractivity (Wildman–Crippen MR) is 134 cm³/mol. The van der Waals surface area contributed by atoms with Gasteiger partial charge >= 0.3 is 0 Å². The van der Waals surface area contributed by atoms with Crippen LogP contribution < -0.4 is 5.32 Å². The molecule has 1 aromatic carbocycles. The van der Waals surface area contributed by atoms with Gasteiger partial charge in [-0.25, -0.2) is 0 Å². The van der Waals surface area contributed by atoms with Crippen molar-refractivity contribution in [2.24, 2.45) is 10.9 Å². The maximum absolute atomic E-state index is 12.4. The summed E-state index contributed by atoms with van der Waals surface area (Å²) in [5, 5.41) is 3.41. The van der Waals surface area contributed by atoms with Crippen molar-refractivity contribution in [3.05, 3.63) is 35.4 Å². The van der Waals surface area contributed by atoms with Crippen LogP contribution in [0.15, 0.2) is 29.3 Å². The molecule has 1 aromatic rings. The minimum absolute atomic E-state index is 0. The van der Waals surface area contributed by atoms with Gasteiger partial charge in [0.15, 0.2) is 5.96 Å². The molecule has 6 nitrogen and oxygen atoms in total. The summed E-state index contributed by atoms with van der Waals surface area (Å²) in [7, 11) is 2.10. The molecule has 1 saturated heterocycles. The van der Waals surface area contributed by atoms with Crippen LogP contribution in [-0.2, 0) is 11.3 Å². The van der Waals surface area contributed by atoms with Gasteiger partial charge in [0.25, 0.3) is 0 Å². The second-order valence-corrected chi connectivity index (χ2v) is 8.31. The van der Waals surface area contributed by atoms with Crippen molar-refractivity contribution >= 4 is 35.8 Å². The molecule has 1 amide bonds. The van der Waals surface area contributed by atoms with Crippen LogP contribution in [0.4, 0.5) is 0 Å². The van der Waals surface area contributed by atoms with Gasteiger partial charge in [-0.1, -0.05) is 30.7 Å². The Balaban J connectivity index is 0.00000320. The maximum atomic E-state index is 12.4. The molecular weight excluding hydrogens is 489 g/mol. The van der Waals surface area contributed by atoms with E-state index in [4.69, 9.17) is 4.99 Å². The van der Waals surface area contributed by atoms with Crippen molar-refractivity contribution in [1.82, 2.24) is 20.0 Å². The molecule has 168 valence electrons. The summed E-state index contributed by atoms with van der Waals surface area (Å²) in [4.78, 5) is 23.9. The molecule has 3 rings (SSSR count). The summed E-state index contributed by atoms with van der Waals surface area (Å²) in [5.41, 5.74) is 2.64. The Morgan fingerprint density at radius 3 is 2.50 bits per heavy atom. The molecule has 1 aliphatic carbocycles. The first kappa shape index (κ1) is 24.9. The smallest absolute Gasteiger partial charge is 0.225 e. The largest absolute Gasteiger partial charge is 0.357 e. The predicted octanol–water partition coefficient (Wildman–Crippen LogP) is 2.95. The highest BCUT2D eigenvalue weighted by atomic mass is 127. The fraction of sp³-hybridized carbons (Fsp3) is 0.652. The van der Waals surface area contributed by atoms with Crippen LogP contribution in [0.5, 0.6) is 0 Å². The number of nitrogens with one attached hydrogen (secondary N) is 1. The van der Waals surface area contributed by atoms with E-state index < -0.39 is 0 Å². The van der Waals surface area contributed by atoms with Gasteiger partial charge < -0.3 is 15.1 Å². The number of nitrogens with zero attached hydrogens (tertiary/aromatic N) is 4. The van der Waals surface area contributed by atoms with Crippen molar-refractivity contribution in [2.45, 2.75) is 39.7 Å². The lowest BCUT2D eigenvalue weighted by atomic mass is 9.84. The van der Waals surface area contributed by atoms with E-state index in [-0.39, 0.29) is 24.0 Å². The van der Waals surface area contributed by atoms with E-state index >= 15 is 0 Å². The molecule has 0 radical (unpaired) electrons. The van der Waals surface area contributed by atoms with Crippen molar-refractivity contribution in [3.8, 4) is 0 Å². The number of carbonyl (C=O) groups is 1. The number of hydrogen-bond donors (Lipinski definition) is 1.